The van der Waals surface area contributed by atoms with Crippen LogP contribution in [0.25, 0.3) is 0 Å². The molecule has 0 heterocycles. The second kappa shape index (κ2) is 8.75. The van der Waals surface area contributed by atoms with Gasteiger partial charge in [0, 0.05) is 18.5 Å². The van der Waals surface area contributed by atoms with Crippen LogP contribution in [0.4, 0.5) is 0 Å². The van der Waals surface area contributed by atoms with Crippen LogP contribution in [-0.2, 0) is 0 Å². The Kier molecular flexibility index (Phi) is 6.96. The average molecular weight is 291 g/mol. The molecule has 0 saturated carbocycles. The summed E-state index contributed by atoms with van der Waals surface area (Å²) >= 11 is 0. The molecule has 1 rings (SSSR count). The fourth-order valence-corrected chi connectivity index (χ4v) is 1.87. The highest BCUT2D eigenvalue weighted by atomic mass is 16.5. The molecular weight excluding hydrogens is 270 g/mol. The van der Waals surface area contributed by atoms with Crippen LogP contribution in [0.3, 0.4) is 0 Å². The van der Waals surface area contributed by atoms with E-state index in [2.05, 4.69) is 11.2 Å². The quantitative estimate of drug-likeness (QED) is 0.589. The zero-order valence-electron chi connectivity index (χ0n) is 12.7. The maximum Gasteiger partial charge on any atom is 0.251 e. The van der Waals surface area contributed by atoms with Crippen molar-refractivity contribution in [2.24, 2.45) is 0 Å². The van der Waals surface area contributed by atoms with E-state index in [4.69, 9.17) is 20.6 Å². The molecule has 0 saturated heterocycles. The molecule has 0 fully saturated rings. The van der Waals surface area contributed by atoms with Crippen molar-refractivity contribution in [2.75, 3.05) is 27.9 Å². The van der Waals surface area contributed by atoms with Crippen LogP contribution >= 0.6 is 0 Å². The molecule has 0 aliphatic carbocycles. The number of hydrogen-bond acceptors (Lipinski definition) is 4. The summed E-state index contributed by atoms with van der Waals surface area (Å²) < 4.78 is 15.7. The highest BCUT2D eigenvalue weighted by Gasteiger charge is 2.16. The first-order valence-corrected chi connectivity index (χ1v) is 6.69. The van der Waals surface area contributed by atoms with Crippen LogP contribution in [0.2, 0.25) is 0 Å². The summed E-state index contributed by atoms with van der Waals surface area (Å²) in [7, 11) is 4.54. The van der Waals surface area contributed by atoms with E-state index < -0.39 is 0 Å². The highest BCUT2D eigenvalue weighted by molar-refractivity contribution is 5.95. The molecule has 0 aliphatic heterocycles. The molecule has 1 amide bonds. The van der Waals surface area contributed by atoms with Gasteiger partial charge >= 0.3 is 0 Å². The lowest BCUT2D eigenvalue weighted by molar-refractivity contribution is 0.0952. The SMILES string of the molecule is C#CCCCCNC(=O)c1cc(OC)c(OC)c(OC)c1. The Balaban J connectivity index is 2.78. The van der Waals surface area contributed by atoms with E-state index in [0.29, 0.717) is 29.4 Å². The molecule has 0 aromatic heterocycles. The first-order valence-electron chi connectivity index (χ1n) is 6.69. The first-order chi connectivity index (χ1) is 10.2. The van der Waals surface area contributed by atoms with Crippen LogP contribution < -0.4 is 19.5 Å². The third-order valence-corrected chi connectivity index (χ3v) is 2.96. The number of methoxy groups -OCH3 is 3. The number of nitrogens with one attached hydrogen (secondary N) is 1. The summed E-state index contributed by atoms with van der Waals surface area (Å²) in [5.41, 5.74) is 0.460. The third-order valence-electron chi connectivity index (χ3n) is 2.96. The van der Waals surface area contributed by atoms with Crippen LogP contribution in [0.5, 0.6) is 17.2 Å². The van der Waals surface area contributed by atoms with Gasteiger partial charge in [0.25, 0.3) is 5.91 Å². The lowest BCUT2D eigenvalue weighted by Gasteiger charge is -2.14. The molecule has 1 aromatic rings. The second-order valence-corrected chi connectivity index (χ2v) is 4.33. The zero-order chi connectivity index (χ0) is 15.7. The number of rotatable bonds is 8. The molecule has 5 heteroatoms. The minimum absolute atomic E-state index is 0.185. The molecule has 0 aliphatic rings. The molecule has 5 nitrogen and oxygen atoms in total. The molecule has 1 N–H and O–H groups in total. The minimum atomic E-state index is -0.185. The van der Waals surface area contributed by atoms with E-state index >= 15 is 0 Å². The van der Waals surface area contributed by atoms with Gasteiger partial charge in [-0.15, -0.1) is 12.3 Å². The second-order valence-electron chi connectivity index (χ2n) is 4.33. The van der Waals surface area contributed by atoms with Gasteiger partial charge in [-0.05, 0) is 25.0 Å². The first kappa shape index (κ1) is 16.7. The van der Waals surface area contributed by atoms with Gasteiger partial charge in [0.15, 0.2) is 11.5 Å². The Morgan fingerprint density at radius 1 is 1.14 bits per heavy atom. The number of amides is 1. The van der Waals surface area contributed by atoms with Crippen molar-refractivity contribution in [3.05, 3.63) is 17.7 Å². The number of carbonyl (C=O) groups is 1. The molecule has 0 atom stereocenters. The van der Waals surface area contributed by atoms with Crippen molar-refractivity contribution in [2.45, 2.75) is 19.3 Å². The molecule has 0 unspecified atom stereocenters. The van der Waals surface area contributed by atoms with Gasteiger partial charge in [-0.3, -0.25) is 4.79 Å². The maximum atomic E-state index is 12.1. The van der Waals surface area contributed by atoms with Crippen molar-refractivity contribution in [1.82, 2.24) is 5.32 Å². The molecule has 0 bridgehead atoms. The van der Waals surface area contributed by atoms with Crippen molar-refractivity contribution in [3.8, 4) is 29.6 Å². The summed E-state index contributed by atoms with van der Waals surface area (Å²) in [6, 6.07) is 3.25. The van der Waals surface area contributed by atoms with Crippen LogP contribution in [0.1, 0.15) is 29.6 Å². The predicted molar refractivity (Wildman–Crippen MR) is 81.1 cm³/mol. The highest BCUT2D eigenvalue weighted by Crippen LogP contribution is 2.38. The summed E-state index contributed by atoms with van der Waals surface area (Å²) in [5, 5.41) is 2.84. The monoisotopic (exact) mass is 291 g/mol. The smallest absolute Gasteiger partial charge is 0.251 e. The number of hydrogen-bond donors (Lipinski definition) is 1. The Morgan fingerprint density at radius 2 is 1.76 bits per heavy atom. The Labute approximate surface area is 125 Å². The van der Waals surface area contributed by atoms with E-state index in [1.54, 1.807) is 12.1 Å². The van der Waals surface area contributed by atoms with Gasteiger partial charge < -0.3 is 19.5 Å². The van der Waals surface area contributed by atoms with Crippen molar-refractivity contribution in [3.63, 3.8) is 0 Å². The van der Waals surface area contributed by atoms with Crippen molar-refractivity contribution < 1.29 is 19.0 Å². The molecule has 1 aromatic carbocycles. The summed E-state index contributed by atoms with van der Waals surface area (Å²) in [6.07, 6.45) is 7.64. The lowest BCUT2D eigenvalue weighted by atomic mass is 10.1. The van der Waals surface area contributed by atoms with Crippen LogP contribution in [0, 0.1) is 12.3 Å². The lowest BCUT2D eigenvalue weighted by Crippen LogP contribution is -2.24. The summed E-state index contributed by atoms with van der Waals surface area (Å²) in [6.45, 7) is 0.581. The van der Waals surface area contributed by atoms with Crippen LogP contribution in [0.15, 0.2) is 12.1 Å². The van der Waals surface area contributed by atoms with Crippen LogP contribution in [-0.4, -0.2) is 33.8 Å². The standard InChI is InChI=1S/C16H21NO4/c1-5-6-7-8-9-17-16(18)12-10-13(19-2)15(21-4)14(11-12)20-3/h1,10-11H,6-9H2,2-4H3,(H,17,18). The van der Waals surface area contributed by atoms with Gasteiger partial charge in [-0.1, -0.05) is 0 Å². The van der Waals surface area contributed by atoms with Crippen molar-refractivity contribution in [1.29, 1.82) is 0 Å². The number of benzene rings is 1. The van der Waals surface area contributed by atoms with Gasteiger partial charge in [0.05, 0.1) is 21.3 Å². The number of ether oxygens (including phenoxy) is 3. The normalized spacial score (nSPS) is 9.62. The van der Waals surface area contributed by atoms with Crippen molar-refractivity contribution >= 4 is 5.91 Å². The number of terminal acetylenes is 1. The Hall–Kier alpha value is -2.35. The average Bonchev–Trinajstić information content (AvgIpc) is 2.52. The predicted octanol–water partition coefficient (Wildman–Crippen LogP) is 2.25. The molecule has 0 radical (unpaired) electrons. The van der Waals surface area contributed by atoms with E-state index in [-0.39, 0.29) is 5.91 Å². The largest absolute Gasteiger partial charge is 0.493 e. The number of unbranched alkanes of at least 4 members (excludes halogenated alkanes) is 2. The fourth-order valence-electron chi connectivity index (χ4n) is 1.87. The van der Waals surface area contributed by atoms with E-state index in [0.717, 1.165) is 19.3 Å². The maximum absolute atomic E-state index is 12.1. The number of carbonyl (C=O) groups excluding carboxylic acids is 1. The molecule has 114 valence electrons. The van der Waals surface area contributed by atoms with E-state index in [1.165, 1.54) is 21.3 Å². The van der Waals surface area contributed by atoms with E-state index in [9.17, 15) is 4.79 Å². The summed E-state index contributed by atoms with van der Waals surface area (Å²) in [5.74, 6) is 3.76. The van der Waals surface area contributed by atoms with E-state index in [1.807, 2.05) is 0 Å². The molecular formula is C16H21NO4. The molecule has 0 spiro atoms. The molecule has 21 heavy (non-hydrogen) atoms. The Morgan fingerprint density at radius 3 is 2.24 bits per heavy atom. The summed E-state index contributed by atoms with van der Waals surface area (Å²) in [4.78, 5) is 12.1. The topological polar surface area (TPSA) is 56.8 Å². The van der Waals surface area contributed by atoms with Gasteiger partial charge in [0.2, 0.25) is 5.75 Å². The zero-order valence-corrected chi connectivity index (χ0v) is 12.7. The van der Waals surface area contributed by atoms with Gasteiger partial charge in [-0.25, -0.2) is 0 Å². The fraction of sp³-hybridized carbons (Fsp3) is 0.438. The third kappa shape index (κ3) is 4.60. The van der Waals surface area contributed by atoms with Gasteiger partial charge in [-0.2, -0.15) is 0 Å². The minimum Gasteiger partial charge on any atom is -0.493 e. The Bertz CT molecular complexity index is 494. The van der Waals surface area contributed by atoms with Gasteiger partial charge in [0.1, 0.15) is 0 Å².